The maximum Gasteiger partial charge on any atom is 0.138 e. The molecule has 0 saturated carbocycles. The van der Waals surface area contributed by atoms with Crippen molar-refractivity contribution in [2.24, 2.45) is 0 Å². The Morgan fingerprint density at radius 2 is 1.90 bits per heavy atom. The van der Waals surface area contributed by atoms with E-state index in [0.717, 1.165) is 22.3 Å². The lowest BCUT2D eigenvalue weighted by molar-refractivity contribution is 0.0541. The molecule has 0 aromatic heterocycles. The van der Waals surface area contributed by atoms with E-state index in [1.54, 1.807) is 7.11 Å². The zero-order valence-corrected chi connectivity index (χ0v) is 14.0. The average Bonchev–Trinajstić information content (AvgIpc) is 2.42. The summed E-state index contributed by atoms with van der Waals surface area (Å²) >= 11 is 3.53. The number of nitrogens with one attached hydrogen (secondary N) is 1. The van der Waals surface area contributed by atoms with E-state index in [4.69, 9.17) is 14.2 Å². The average molecular weight is 346 g/mol. The van der Waals surface area contributed by atoms with Gasteiger partial charge >= 0.3 is 0 Å². The standard InChI is InChI=1S/C15H24BrNO3/c1-12(2)17-11-13-5-4-6-14(16)15(13)20-10-9-19-8-7-18-3/h4-6,12,17H,7-11H2,1-3H3. The van der Waals surface area contributed by atoms with Gasteiger partial charge in [-0.2, -0.15) is 0 Å². The van der Waals surface area contributed by atoms with E-state index >= 15 is 0 Å². The van der Waals surface area contributed by atoms with Gasteiger partial charge in [0, 0.05) is 25.3 Å². The first-order chi connectivity index (χ1) is 9.65. The van der Waals surface area contributed by atoms with E-state index in [-0.39, 0.29) is 0 Å². The molecule has 0 spiro atoms. The van der Waals surface area contributed by atoms with E-state index in [0.29, 0.717) is 32.5 Å². The van der Waals surface area contributed by atoms with Crippen molar-refractivity contribution in [3.8, 4) is 5.75 Å². The predicted molar refractivity (Wildman–Crippen MR) is 84.3 cm³/mol. The molecule has 0 heterocycles. The highest BCUT2D eigenvalue weighted by atomic mass is 79.9. The molecule has 0 radical (unpaired) electrons. The molecule has 0 unspecified atom stereocenters. The van der Waals surface area contributed by atoms with Gasteiger partial charge in [0.1, 0.15) is 12.4 Å². The Morgan fingerprint density at radius 1 is 1.15 bits per heavy atom. The maximum atomic E-state index is 5.83. The Hall–Kier alpha value is -0.620. The van der Waals surface area contributed by atoms with E-state index in [2.05, 4.69) is 41.2 Å². The Balaban J connectivity index is 2.46. The first-order valence-electron chi connectivity index (χ1n) is 6.85. The zero-order chi connectivity index (χ0) is 14.8. The summed E-state index contributed by atoms with van der Waals surface area (Å²) in [6, 6.07) is 6.52. The van der Waals surface area contributed by atoms with Gasteiger partial charge in [-0.25, -0.2) is 0 Å². The van der Waals surface area contributed by atoms with Gasteiger partial charge in [0.25, 0.3) is 0 Å². The van der Waals surface area contributed by atoms with Crippen LogP contribution in [-0.2, 0) is 16.0 Å². The minimum atomic E-state index is 0.444. The Kier molecular flexibility index (Phi) is 8.85. The second kappa shape index (κ2) is 10.2. The van der Waals surface area contributed by atoms with Crippen molar-refractivity contribution < 1.29 is 14.2 Å². The van der Waals surface area contributed by atoms with Crippen molar-refractivity contribution in [2.75, 3.05) is 33.5 Å². The van der Waals surface area contributed by atoms with Crippen molar-refractivity contribution in [2.45, 2.75) is 26.4 Å². The van der Waals surface area contributed by atoms with Gasteiger partial charge in [-0.05, 0) is 22.0 Å². The molecule has 1 aromatic rings. The smallest absolute Gasteiger partial charge is 0.138 e. The van der Waals surface area contributed by atoms with Crippen LogP contribution < -0.4 is 10.1 Å². The number of benzene rings is 1. The van der Waals surface area contributed by atoms with Crippen molar-refractivity contribution >= 4 is 15.9 Å². The van der Waals surface area contributed by atoms with Gasteiger partial charge in [-0.3, -0.25) is 0 Å². The SMILES string of the molecule is COCCOCCOc1c(Br)cccc1CNC(C)C. The quantitative estimate of drug-likeness (QED) is 0.661. The number of hydrogen-bond acceptors (Lipinski definition) is 4. The Labute approximate surface area is 129 Å². The molecule has 1 aromatic carbocycles. The van der Waals surface area contributed by atoms with Crippen LogP contribution in [0.15, 0.2) is 22.7 Å². The molecule has 0 fully saturated rings. The molecule has 1 N–H and O–H groups in total. The summed E-state index contributed by atoms with van der Waals surface area (Å²) in [5.41, 5.74) is 1.14. The number of halogens is 1. The van der Waals surface area contributed by atoms with Crippen LogP contribution in [0, 0.1) is 0 Å². The first-order valence-corrected chi connectivity index (χ1v) is 7.64. The molecule has 1 rings (SSSR count). The topological polar surface area (TPSA) is 39.7 Å². The third kappa shape index (κ3) is 6.70. The van der Waals surface area contributed by atoms with Crippen LogP contribution in [-0.4, -0.2) is 39.6 Å². The zero-order valence-electron chi connectivity index (χ0n) is 12.4. The fraction of sp³-hybridized carbons (Fsp3) is 0.600. The Morgan fingerprint density at radius 3 is 2.60 bits per heavy atom. The monoisotopic (exact) mass is 345 g/mol. The van der Waals surface area contributed by atoms with Crippen LogP contribution in [0.2, 0.25) is 0 Å². The van der Waals surface area contributed by atoms with Crippen molar-refractivity contribution in [1.82, 2.24) is 5.32 Å². The predicted octanol–water partition coefficient (Wildman–Crippen LogP) is 2.99. The van der Waals surface area contributed by atoms with Crippen molar-refractivity contribution in [1.29, 1.82) is 0 Å². The lowest BCUT2D eigenvalue weighted by atomic mass is 10.2. The number of methoxy groups -OCH3 is 1. The number of para-hydroxylation sites is 1. The maximum absolute atomic E-state index is 5.83. The van der Waals surface area contributed by atoms with Gasteiger partial charge in [0.2, 0.25) is 0 Å². The van der Waals surface area contributed by atoms with Gasteiger partial charge in [-0.1, -0.05) is 26.0 Å². The van der Waals surface area contributed by atoms with Gasteiger partial charge < -0.3 is 19.5 Å². The molecule has 0 amide bonds. The number of ether oxygens (including phenoxy) is 3. The summed E-state index contributed by atoms with van der Waals surface area (Å²) in [5, 5.41) is 3.40. The minimum absolute atomic E-state index is 0.444. The van der Waals surface area contributed by atoms with Crippen LogP contribution in [0.25, 0.3) is 0 Å². The molecule has 0 aliphatic rings. The van der Waals surface area contributed by atoms with E-state index in [9.17, 15) is 0 Å². The van der Waals surface area contributed by atoms with Crippen LogP contribution in [0.1, 0.15) is 19.4 Å². The van der Waals surface area contributed by atoms with Gasteiger partial charge in [-0.15, -0.1) is 0 Å². The Bertz CT molecular complexity index is 385. The van der Waals surface area contributed by atoms with Gasteiger partial charge in [0.15, 0.2) is 0 Å². The third-order valence-corrected chi connectivity index (χ3v) is 3.28. The van der Waals surface area contributed by atoms with Crippen LogP contribution in [0.4, 0.5) is 0 Å². The molecular weight excluding hydrogens is 322 g/mol. The normalized spacial score (nSPS) is 11.1. The second-order valence-corrected chi connectivity index (χ2v) is 5.57. The summed E-state index contributed by atoms with van der Waals surface area (Å²) in [5.74, 6) is 0.885. The highest BCUT2D eigenvalue weighted by molar-refractivity contribution is 9.10. The largest absolute Gasteiger partial charge is 0.490 e. The first kappa shape index (κ1) is 17.4. The lowest BCUT2D eigenvalue weighted by Gasteiger charge is -2.15. The summed E-state index contributed by atoms with van der Waals surface area (Å²) in [6.07, 6.45) is 0. The molecule has 114 valence electrons. The van der Waals surface area contributed by atoms with Gasteiger partial charge in [0.05, 0.1) is 24.3 Å². The highest BCUT2D eigenvalue weighted by Gasteiger charge is 2.08. The molecule has 0 saturated heterocycles. The van der Waals surface area contributed by atoms with Crippen LogP contribution >= 0.6 is 15.9 Å². The summed E-state index contributed by atoms with van der Waals surface area (Å²) in [4.78, 5) is 0. The highest BCUT2D eigenvalue weighted by Crippen LogP contribution is 2.29. The fourth-order valence-corrected chi connectivity index (χ4v) is 2.14. The van der Waals surface area contributed by atoms with E-state index < -0.39 is 0 Å². The fourth-order valence-electron chi connectivity index (χ4n) is 1.62. The molecular formula is C15H24BrNO3. The van der Waals surface area contributed by atoms with E-state index in [1.165, 1.54) is 0 Å². The molecule has 20 heavy (non-hydrogen) atoms. The third-order valence-electron chi connectivity index (χ3n) is 2.66. The van der Waals surface area contributed by atoms with Crippen molar-refractivity contribution in [3.05, 3.63) is 28.2 Å². The van der Waals surface area contributed by atoms with Crippen LogP contribution in [0.5, 0.6) is 5.75 Å². The van der Waals surface area contributed by atoms with Crippen LogP contribution in [0.3, 0.4) is 0 Å². The van der Waals surface area contributed by atoms with E-state index in [1.807, 2.05) is 12.1 Å². The molecule has 5 heteroatoms. The molecule has 0 atom stereocenters. The minimum Gasteiger partial charge on any atom is -0.490 e. The number of hydrogen-bond donors (Lipinski definition) is 1. The van der Waals surface area contributed by atoms with Crippen molar-refractivity contribution in [3.63, 3.8) is 0 Å². The molecule has 0 aliphatic heterocycles. The summed E-state index contributed by atoms with van der Waals surface area (Å²) in [6.45, 7) is 7.33. The molecule has 4 nitrogen and oxygen atoms in total. The molecule has 0 bridgehead atoms. The summed E-state index contributed by atoms with van der Waals surface area (Å²) < 4.78 is 17.1. The second-order valence-electron chi connectivity index (χ2n) is 4.72. The number of rotatable bonds is 10. The summed E-state index contributed by atoms with van der Waals surface area (Å²) in [7, 11) is 1.66. The molecule has 0 aliphatic carbocycles. The lowest BCUT2D eigenvalue weighted by Crippen LogP contribution is -2.22.